The van der Waals surface area contributed by atoms with Crippen LogP contribution in [0.5, 0.6) is 0 Å². The van der Waals surface area contributed by atoms with E-state index in [0.29, 0.717) is 13.0 Å². The first-order valence-electron chi connectivity index (χ1n) is 8.25. The number of nitrogens with one attached hydrogen (secondary N) is 3. The van der Waals surface area contributed by atoms with Gasteiger partial charge in [0.2, 0.25) is 0 Å². The van der Waals surface area contributed by atoms with E-state index >= 15 is 0 Å². The zero-order chi connectivity index (χ0) is 16.9. The molecule has 1 saturated heterocycles. The average Bonchev–Trinajstić information content (AvgIpc) is 2.58. The van der Waals surface area contributed by atoms with Crippen LogP contribution in [0.15, 0.2) is 48.5 Å². The molecule has 2 aromatic rings. The van der Waals surface area contributed by atoms with E-state index in [1.54, 1.807) is 0 Å². The molecule has 0 radical (unpaired) electrons. The lowest BCUT2D eigenvalue weighted by atomic mass is 10.0. The number of halogens is 1. The smallest absolute Gasteiger partial charge is 0.319 e. The molecule has 1 aliphatic heterocycles. The molecule has 5 nitrogen and oxygen atoms in total. The molecule has 2 amide bonds. The van der Waals surface area contributed by atoms with Gasteiger partial charge in [-0.05, 0) is 43.1 Å². The number of aryl methyl sites for hydroxylation is 1. The summed E-state index contributed by atoms with van der Waals surface area (Å²) in [6.07, 6.45) is 0.150. The quantitative estimate of drug-likeness (QED) is 0.679. The summed E-state index contributed by atoms with van der Waals surface area (Å²) in [6, 6.07) is 15.5. The van der Waals surface area contributed by atoms with E-state index < -0.39 is 6.10 Å². The minimum Gasteiger partial charge on any atom is -0.391 e. The van der Waals surface area contributed by atoms with Crippen LogP contribution in [0.1, 0.15) is 12.0 Å². The Hall–Kier alpha value is -2.08. The first-order chi connectivity index (χ1) is 11.6. The van der Waals surface area contributed by atoms with Crippen molar-refractivity contribution in [2.45, 2.75) is 25.5 Å². The van der Waals surface area contributed by atoms with Crippen molar-refractivity contribution in [1.29, 1.82) is 0 Å². The van der Waals surface area contributed by atoms with E-state index in [1.165, 1.54) is 5.56 Å². The number of hydrogen-bond acceptors (Lipinski definition) is 3. The summed E-state index contributed by atoms with van der Waals surface area (Å²) >= 11 is 0. The normalized spacial score (nSPS) is 19.6. The van der Waals surface area contributed by atoms with Crippen molar-refractivity contribution in [2.75, 3.05) is 18.4 Å². The highest BCUT2D eigenvalue weighted by molar-refractivity contribution is 5.89. The third kappa shape index (κ3) is 5.19. The second-order valence-corrected chi connectivity index (χ2v) is 6.21. The third-order valence-electron chi connectivity index (χ3n) is 4.26. The molecular formula is C19H24ClN3O2. The van der Waals surface area contributed by atoms with Crippen molar-refractivity contribution in [3.63, 3.8) is 0 Å². The van der Waals surface area contributed by atoms with Crippen LogP contribution in [0.3, 0.4) is 0 Å². The Labute approximate surface area is 154 Å². The second kappa shape index (κ2) is 8.85. The molecule has 0 aliphatic carbocycles. The SMILES string of the molecule is Cc1cccc(-c2ccc(NC(=O)N[C@@H]3CNCC[C@H]3O)cc2)c1.Cl. The summed E-state index contributed by atoms with van der Waals surface area (Å²) in [5, 5.41) is 18.7. The highest BCUT2D eigenvalue weighted by Crippen LogP contribution is 2.22. The Morgan fingerprint density at radius 3 is 2.60 bits per heavy atom. The van der Waals surface area contributed by atoms with E-state index in [-0.39, 0.29) is 24.5 Å². The van der Waals surface area contributed by atoms with Gasteiger partial charge in [0.15, 0.2) is 0 Å². The fraction of sp³-hybridized carbons (Fsp3) is 0.316. The standard InChI is InChI=1S/C19H23N3O2.ClH/c1-13-3-2-4-15(11-13)14-5-7-16(8-6-14)21-19(24)22-17-12-20-10-9-18(17)23;/h2-8,11,17-18,20,23H,9-10,12H2,1H3,(H2,21,22,24);1H/t17-,18-;/m1./s1. The summed E-state index contributed by atoms with van der Waals surface area (Å²) in [6.45, 7) is 3.43. The molecule has 3 rings (SSSR count). The highest BCUT2D eigenvalue weighted by atomic mass is 35.5. The second-order valence-electron chi connectivity index (χ2n) is 6.21. The van der Waals surface area contributed by atoms with Gasteiger partial charge in [0.1, 0.15) is 0 Å². The number of amides is 2. The first-order valence-corrected chi connectivity index (χ1v) is 8.25. The maximum absolute atomic E-state index is 12.1. The molecule has 0 spiro atoms. The van der Waals surface area contributed by atoms with Crippen LogP contribution in [0, 0.1) is 6.92 Å². The molecule has 134 valence electrons. The number of urea groups is 1. The Kier molecular flexibility index (Phi) is 6.82. The van der Waals surface area contributed by atoms with Crippen LogP contribution in [0.2, 0.25) is 0 Å². The van der Waals surface area contributed by atoms with Crippen LogP contribution >= 0.6 is 12.4 Å². The number of carbonyl (C=O) groups is 1. The number of benzene rings is 2. The van der Waals surface area contributed by atoms with Gasteiger partial charge in [-0.1, -0.05) is 42.0 Å². The largest absolute Gasteiger partial charge is 0.391 e. The Bertz CT molecular complexity index is 706. The van der Waals surface area contributed by atoms with Crippen LogP contribution in [-0.2, 0) is 0 Å². The van der Waals surface area contributed by atoms with E-state index in [4.69, 9.17) is 0 Å². The van der Waals surface area contributed by atoms with Crippen molar-refractivity contribution in [3.8, 4) is 11.1 Å². The molecule has 1 fully saturated rings. The van der Waals surface area contributed by atoms with Gasteiger partial charge in [-0.15, -0.1) is 12.4 Å². The summed E-state index contributed by atoms with van der Waals surface area (Å²) in [5.41, 5.74) is 4.20. The predicted molar refractivity (Wildman–Crippen MR) is 103 cm³/mol. The number of carbonyl (C=O) groups excluding carboxylic acids is 1. The molecule has 0 unspecified atom stereocenters. The number of anilines is 1. The number of aliphatic hydroxyl groups excluding tert-OH is 1. The lowest BCUT2D eigenvalue weighted by Crippen LogP contribution is -2.54. The monoisotopic (exact) mass is 361 g/mol. The lowest BCUT2D eigenvalue weighted by Gasteiger charge is -2.29. The Morgan fingerprint density at radius 1 is 1.16 bits per heavy atom. The molecule has 2 atom stereocenters. The van der Waals surface area contributed by atoms with Crippen molar-refractivity contribution < 1.29 is 9.90 Å². The summed E-state index contributed by atoms with van der Waals surface area (Å²) < 4.78 is 0. The zero-order valence-electron chi connectivity index (χ0n) is 14.2. The molecule has 0 aromatic heterocycles. The van der Waals surface area contributed by atoms with Gasteiger partial charge in [0, 0.05) is 12.2 Å². The van der Waals surface area contributed by atoms with Crippen LogP contribution in [0.25, 0.3) is 11.1 Å². The maximum atomic E-state index is 12.1. The number of piperidine rings is 1. The van der Waals surface area contributed by atoms with Crippen molar-refractivity contribution >= 4 is 24.1 Å². The topological polar surface area (TPSA) is 73.4 Å². The van der Waals surface area contributed by atoms with E-state index in [0.717, 1.165) is 23.4 Å². The lowest BCUT2D eigenvalue weighted by molar-refractivity contribution is 0.103. The third-order valence-corrected chi connectivity index (χ3v) is 4.26. The fourth-order valence-electron chi connectivity index (χ4n) is 2.90. The van der Waals surface area contributed by atoms with Crippen LogP contribution < -0.4 is 16.0 Å². The Balaban J connectivity index is 0.00000225. The fourth-order valence-corrected chi connectivity index (χ4v) is 2.90. The van der Waals surface area contributed by atoms with Crippen molar-refractivity contribution in [2.24, 2.45) is 0 Å². The molecule has 25 heavy (non-hydrogen) atoms. The molecule has 4 N–H and O–H groups in total. The number of hydrogen-bond donors (Lipinski definition) is 4. The van der Waals surface area contributed by atoms with E-state index in [1.807, 2.05) is 30.3 Å². The average molecular weight is 362 g/mol. The van der Waals surface area contributed by atoms with Crippen LogP contribution in [0.4, 0.5) is 10.5 Å². The summed E-state index contributed by atoms with van der Waals surface area (Å²) in [7, 11) is 0. The van der Waals surface area contributed by atoms with Gasteiger partial charge in [-0.3, -0.25) is 0 Å². The van der Waals surface area contributed by atoms with Gasteiger partial charge >= 0.3 is 6.03 Å². The molecule has 1 aliphatic rings. The van der Waals surface area contributed by atoms with E-state index in [2.05, 4.69) is 41.1 Å². The first kappa shape index (κ1) is 19.2. The van der Waals surface area contributed by atoms with Gasteiger partial charge < -0.3 is 21.1 Å². The Morgan fingerprint density at radius 2 is 1.92 bits per heavy atom. The van der Waals surface area contributed by atoms with Gasteiger partial charge in [0.05, 0.1) is 12.1 Å². The number of rotatable bonds is 3. The zero-order valence-corrected chi connectivity index (χ0v) is 15.0. The molecule has 1 heterocycles. The molecule has 2 aromatic carbocycles. The van der Waals surface area contributed by atoms with Crippen LogP contribution in [-0.4, -0.2) is 36.4 Å². The number of aliphatic hydroxyl groups is 1. The maximum Gasteiger partial charge on any atom is 0.319 e. The highest BCUT2D eigenvalue weighted by Gasteiger charge is 2.24. The van der Waals surface area contributed by atoms with E-state index in [9.17, 15) is 9.90 Å². The van der Waals surface area contributed by atoms with Crippen molar-refractivity contribution in [1.82, 2.24) is 10.6 Å². The summed E-state index contributed by atoms with van der Waals surface area (Å²) in [5.74, 6) is 0. The molecule has 0 saturated carbocycles. The minimum absolute atomic E-state index is 0. The predicted octanol–water partition coefficient (Wildman–Crippen LogP) is 2.93. The van der Waals surface area contributed by atoms with Gasteiger partial charge in [0.25, 0.3) is 0 Å². The summed E-state index contributed by atoms with van der Waals surface area (Å²) in [4.78, 5) is 12.1. The minimum atomic E-state index is -0.499. The molecule has 6 heteroatoms. The van der Waals surface area contributed by atoms with Gasteiger partial charge in [-0.2, -0.15) is 0 Å². The van der Waals surface area contributed by atoms with Crippen molar-refractivity contribution in [3.05, 3.63) is 54.1 Å². The molecule has 0 bridgehead atoms. The molecular weight excluding hydrogens is 338 g/mol. The van der Waals surface area contributed by atoms with Gasteiger partial charge in [-0.25, -0.2) is 4.79 Å².